The molecule has 2 nitrogen and oxygen atoms in total. The van der Waals surface area contributed by atoms with Crippen molar-refractivity contribution in [2.75, 3.05) is 11.9 Å². The van der Waals surface area contributed by atoms with Crippen molar-refractivity contribution >= 4 is 23.4 Å². The van der Waals surface area contributed by atoms with Crippen LogP contribution in [-0.4, -0.2) is 12.1 Å². The van der Waals surface area contributed by atoms with Gasteiger partial charge in [0.2, 0.25) is 0 Å². The van der Waals surface area contributed by atoms with E-state index < -0.39 is 0 Å². The highest BCUT2D eigenvalue weighted by atomic mass is 32.1. The number of anilines is 1. The molecule has 0 aromatic heterocycles. The van der Waals surface area contributed by atoms with Gasteiger partial charge in [0, 0.05) is 5.69 Å². The van der Waals surface area contributed by atoms with E-state index in [2.05, 4.69) is 23.0 Å². The summed E-state index contributed by atoms with van der Waals surface area (Å²) in [5, 5.41) is 2.79. The number of hydrogen-bond acceptors (Lipinski definition) is 2. The Morgan fingerprint density at radius 1 is 1.42 bits per heavy atom. The molecule has 1 N–H and O–H groups in total. The van der Waals surface area contributed by atoms with Crippen molar-refractivity contribution < 1.29 is 4.74 Å². The highest BCUT2D eigenvalue weighted by Gasteiger charge is 1.91. The van der Waals surface area contributed by atoms with Crippen LogP contribution < -0.4 is 10.1 Å². The van der Waals surface area contributed by atoms with Gasteiger partial charge >= 0.3 is 0 Å². The van der Waals surface area contributed by atoms with Gasteiger partial charge in [-0.15, -0.1) is 0 Å². The predicted molar refractivity (Wildman–Crippen MR) is 53.8 cm³/mol. The molecule has 0 saturated heterocycles. The average Bonchev–Trinajstić information content (AvgIpc) is 2.09. The van der Waals surface area contributed by atoms with Gasteiger partial charge in [-0.3, -0.25) is 0 Å². The molecular formula is C9H10NOS. The van der Waals surface area contributed by atoms with Crippen molar-refractivity contribution in [3.8, 4) is 5.75 Å². The van der Waals surface area contributed by atoms with Crippen LogP contribution >= 0.6 is 12.2 Å². The Labute approximate surface area is 77.5 Å². The number of hydrogen-bond donors (Lipinski definition) is 1. The van der Waals surface area contributed by atoms with E-state index in [1.54, 1.807) is 0 Å². The Kier molecular flexibility index (Phi) is 3.54. The summed E-state index contributed by atoms with van der Waals surface area (Å²) >= 11 is 4.53. The van der Waals surface area contributed by atoms with Crippen LogP contribution in [0.5, 0.6) is 5.75 Å². The van der Waals surface area contributed by atoms with Crippen molar-refractivity contribution in [1.82, 2.24) is 0 Å². The molecule has 0 amide bonds. The summed E-state index contributed by atoms with van der Waals surface area (Å²) in [4.78, 5) is 0. The average molecular weight is 180 g/mol. The van der Waals surface area contributed by atoms with Gasteiger partial charge in [0.05, 0.1) is 6.61 Å². The zero-order valence-corrected chi connectivity index (χ0v) is 7.65. The molecule has 0 saturated carbocycles. The molecule has 0 aliphatic rings. The lowest BCUT2D eigenvalue weighted by Gasteiger charge is -2.03. The summed E-state index contributed by atoms with van der Waals surface area (Å²) in [5.41, 5.74) is 3.35. The maximum Gasteiger partial charge on any atom is 0.138 e. The monoisotopic (exact) mass is 180 g/mol. The second kappa shape index (κ2) is 4.72. The summed E-state index contributed by atoms with van der Waals surface area (Å²) in [6.07, 6.45) is 0. The second-order valence-electron chi connectivity index (χ2n) is 2.18. The molecule has 0 aliphatic carbocycles. The van der Waals surface area contributed by atoms with E-state index in [0.29, 0.717) is 6.61 Å². The van der Waals surface area contributed by atoms with Gasteiger partial charge < -0.3 is 10.1 Å². The van der Waals surface area contributed by atoms with E-state index in [9.17, 15) is 0 Å². The van der Waals surface area contributed by atoms with E-state index in [1.807, 2.05) is 31.2 Å². The number of nitrogens with one attached hydrogen (secondary N) is 1. The van der Waals surface area contributed by atoms with Crippen molar-refractivity contribution in [1.29, 1.82) is 0 Å². The normalized spacial score (nSPS) is 9.08. The SMILES string of the molecule is CCOc1ccc(N[C]=S)cc1. The lowest BCUT2D eigenvalue weighted by Crippen LogP contribution is -1.93. The highest BCUT2D eigenvalue weighted by molar-refractivity contribution is 7.79. The maximum absolute atomic E-state index is 5.26. The number of thiocarbonyl (C=S) groups is 1. The molecule has 0 heterocycles. The van der Waals surface area contributed by atoms with Crippen LogP contribution in [0.2, 0.25) is 0 Å². The van der Waals surface area contributed by atoms with Crippen LogP contribution in [0.3, 0.4) is 0 Å². The molecule has 0 aliphatic heterocycles. The standard InChI is InChI=1S/C9H10NOS/c1-2-11-9-5-3-8(4-6-9)10-7-12/h3-6H,2H2,1H3,(H,10,12). The Morgan fingerprint density at radius 3 is 2.58 bits per heavy atom. The van der Waals surface area contributed by atoms with Gasteiger partial charge in [0.15, 0.2) is 0 Å². The van der Waals surface area contributed by atoms with Crippen molar-refractivity contribution in [2.45, 2.75) is 6.92 Å². The molecule has 3 heteroatoms. The molecule has 0 atom stereocenters. The fraction of sp³-hybridized carbons (Fsp3) is 0.222. The Morgan fingerprint density at radius 2 is 2.08 bits per heavy atom. The van der Waals surface area contributed by atoms with E-state index >= 15 is 0 Å². The molecule has 12 heavy (non-hydrogen) atoms. The number of benzene rings is 1. The fourth-order valence-corrected chi connectivity index (χ4v) is 0.978. The molecule has 0 bridgehead atoms. The third kappa shape index (κ3) is 2.51. The number of ether oxygens (including phenoxy) is 1. The summed E-state index contributed by atoms with van der Waals surface area (Å²) in [5.74, 6) is 0.868. The molecule has 1 rings (SSSR count). The van der Waals surface area contributed by atoms with Gasteiger partial charge in [0.1, 0.15) is 11.2 Å². The Bertz CT molecular complexity index is 245. The Hall–Kier alpha value is -1.09. The largest absolute Gasteiger partial charge is 0.494 e. The summed E-state index contributed by atoms with van der Waals surface area (Å²) in [6, 6.07) is 7.56. The summed E-state index contributed by atoms with van der Waals surface area (Å²) in [7, 11) is 0. The van der Waals surface area contributed by atoms with Crippen LogP contribution in [0.4, 0.5) is 5.69 Å². The Balaban J connectivity index is 2.64. The zero-order valence-electron chi connectivity index (χ0n) is 6.83. The molecule has 0 fully saturated rings. The first-order chi connectivity index (χ1) is 5.86. The molecule has 0 spiro atoms. The van der Waals surface area contributed by atoms with Crippen molar-refractivity contribution in [3.05, 3.63) is 24.3 Å². The fourth-order valence-electron chi connectivity index (χ4n) is 0.860. The van der Waals surface area contributed by atoms with Gasteiger partial charge in [0.25, 0.3) is 0 Å². The van der Waals surface area contributed by atoms with Gasteiger partial charge in [-0.05, 0) is 31.2 Å². The first kappa shape index (κ1) is 9.00. The minimum absolute atomic E-state index is 0.687. The molecule has 1 aromatic carbocycles. The summed E-state index contributed by atoms with van der Waals surface area (Å²) in [6.45, 7) is 2.64. The molecule has 1 radical (unpaired) electrons. The maximum atomic E-state index is 5.26. The highest BCUT2D eigenvalue weighted by Crippen LogP contribution is 2.14. The van der Waals surface area contributed by atoms with Crippen LogP contribution in [-0.2, 0) is 0 Å². The predicted octanol–water partition coefficient (Wildman–Crippen LogP) is 2.33. The van der Waals surface area contributed by atoms with Crippen LogP contribution in [0.15, 0.2) is 24.3 Å². The van der Waals surface area contributed by atoms with E-state index in [1.165, 1.54) is 0 Å². The second-order valence-corrected chi connectivity index (χ2v) is 2.39. The zero-order chi connectivity index (χ0) is 8.81. The molecule has 0 unspecified atom stereocenters. The quantitative estimate of drug-likeness (QED) is 0.567. The molecule has 1 aromatic rings. The smallest absolute Gasteiger partial charge is 0.138 e. The minimum atomic E-state index is 0.687. The number of rotatable bonds is 4. The van der Waals surface area contributed by atoms with Gasteiger partial charge in [-0.1, -0.05) is 12.2 Å². The van der Waals surface area contributed by atoms with Gasteiger partial charge in [-0.2, -0.15) is 0 Å². The first-order valence-electron chi connectivity index (χ1n) is 3.73. The van der Waals surface area contributed by atoms with Gasteiger partial charge in [-0.25, -0.2) is 0 Å². The minimum Gasteiger partial charge on any atom is -0.494 e. The van der Waals surface area contributed by atoms with E-state index in [-0.39, 0.29) is 0 Å². The third-order valence-corrected chi connectivity index (χ3v) is 1.46. The lowest BCUT2D eigenvalue weighted by molar-refractivity contribution is 0.340. The van der Waals surface area contributed by atoms with E-state index in [4.69, 9.17) is 4.74 Å². The topological polar surface area (TPSA) is 21.3 Å². The summed E-state index contributed by atoms with van der Waals surface area (Å²) < 4.78 is 5.26. The van der Waals surface area contributed by atoms with Crippen molar-refractivity contribution in [3.63, 3.8) is 0 Å². The van der Waals surface area contributed by atoms with Crippen LogP contribution in [0, 0.1) is 0 Å². The van der Waals surface area contributed by atoms with Crippen LogP contribution in [0.1, 0.15) is 6.92 Å². The third-order valence-electron chi connectivity index (χ3n) is 1.36. The van der Waals surface area contributed by atoms with E-state index in [0.717, 1.165) is 11.4 Å². The molecule has 63 valence electrons. The molecular weight excluding hydrogens is 170 g/mol. The lowest BCUT2D eigenvalue weighted by atomic mass is 10.3. The van der Waals surface area contributed by atoms with Crippen molar-refractivity contribution in [2.24, 2.45) is 0 Å². The first-order valence-corrected chi connectivity index (χ1v) is 4.13. The van der Waals surface area contributed by atoms with Crippen LogP contribution in [0.25, 0.3) is 0 Å².